The number of ether oxygens (including phenoxy) is 2. The Morgan fingerprint density at radius 3 is 2.27 bits per heavy atom. The van der Waals surface area contributed by atoms with Gasteiger partial charge in [-0.05, 0) is 40.5 Å². The van der Waals surface area contributed by atoms with E-state index in [0.717, 1.165) is 29.0 Å². The maximum atomic E-state index is 13.6. The van der Waals surface area contributed by atoms with Crippen LogP contribution in [-0.2, 0) is 22.7 Å². The third-order valence-electron chi connectivity index (χ3n) is 7.64. The highest BCUT2D eigenvalue weighted by Gasteiger charge is 2.26. The number of benzene rings is 4. The molecule has 0 N–H and O–H groups in total. The van der Waals surface area contributed by atoms with E-state index < -0.39 is 0 Å². The molecule has 5 nitrogen and oxygen atoms in total. The average Bonchev–Trinajstić information content (AvgIpc) is 3.38. The van der Waals surface area contributed by atoms with Gasteiger partial charge < -0.3 is 18.9 Å². The number of carbonyl (C=O) groups excluding carboxylic acids is 1. The van der Waals surface area contributed by atoms with Crippen LogP contribution < -0.4 is 4.74 Å². The van der Waals surface area contributed by atoms with Gasteiger partial charge in [0.15, 0.2) is 0 Å². The van der Waals surface area contributed by atoms with Crippen molar-refractivity contribution in [2.24, 2.45) is 0 Å². The van der Waals surface area contributed by atoms with Crippen LogP contribution in [-0.4, -0.2) is 41.7 Å². The van der Waals surface area contributed by atoms with Crippen molar-refractivity contribution in [1.29, 1.82) is 0 Å². The molecule has 0 spiro atoms. The molecule has 1 unspecified atom stereocenters. The summed E-state index contributed by atoms with van der Waals surface area (Å²) in [6.07, 6.45) is 2.63. The molecule has 1 atom stereocenters. The second kappa shape index (κ2) is 12.2. The summed E-state index contributed by atoms with van der Waals surface area (Å²) in [5, 5.41) is 1.17. The first-order chi connectivity index (χ1) is 19.7. The SMILES string of the molecule is O=C(CC(c1cccc(OCc2ccccc2)c1)c1cn(Cc2ccccc2)c2ccccc12)N1CCOCC1. The van der Waals surface area contributed by atoms with E-state index in [9.17, 15) is 4.79 Å². The zero-order chi connectivity index (χ0) is 27.1. The Balaban J connectivity index is 1.36. The van der Waals surface area contributed by atoms with E-state index in [1.54, 1.807) is 0 Å². The number of hydrogen-bond donors (Lipinski definition) is 0. The number of amides is 1. The normalized spacial score (nSPS) is 14.2. The minimum atomic E-state index is -0.113. The first-order valence-corrected chi connectivity index (χ1v) is 14.0. The van der Waals surface area contributed by atoms with Crippen LogP contribution in [0.4, 0.5) is 0 Å². The first-order valence-electron chi connectivity index (χ1n) is 14.0. The molecule has 1 saturated heterocycles. The van der Waals surface area contributed by atoms with E-state index in [2.05, 4.69) is 83.6 Å². The summed E-state index contributed by atoms with van der Waals surface area (Å²) in [6.45, 7) is 3.73. The molecule has 6 rings (SSSR count). The van der Waals surface area contributed by atoms with Gasteiger partial charge in [0.1, 0.15) is 12.4 Å². The molecule has 5 heteroatoms. The van der Waals surface area contributed by atoms with E-state index in [4.69, 9.17) is 9.47 Å². The Morgan fingerprint density at radius 1 is 0.800 bits per heavy atom. The van der Waals surface area contributed by atoms with E-state index >= 15 is 0 Å². The van der Waals surface area contributed by atoms with Crippen molar-refractivity contribution in [2.75, 3.05) is 26.3 Å². The Labute approximate surface area is 235 Å². The number of aromatic nitrogens is 1. The highest BCUT2D eigenvalue weighted by molar-refractivity contribution is 5.87. The molecule has 1 amide bonds. The van der Waals surface area contributed by atoms with Gasteiger partial charge in [0.05, 0.1) is 13.2 Å². The van der Waals surface area contributed by atoms with Gasteiger partial charge in [-0.2, -0.15) is 0 Å². The van der Waals surface area contributed by atoms with Gasteiger partial charge in [-0.15, -0.1) is 0 Å². The molecule has 4 aromatic carbocycles. The van der Waals surface area contributed by atoms with Gasteiger partial charge >= 0.3 is 0 Å². The fourth-order valence-electron chi connectivity index (χ4n) is 5.55. The fraction of sp³-hybridized carbons (Fsp3) is 0.229. The lowest BCUT2D eigenvalue weighted by molar-refractivity contribution is -0.135. The van der Waals surface area contributed by atoms with Crippen molar-refractivity contribution in [1.82, 2.24) is 9.47 Å². The summed E-state index contributed by atoms with van der Waals surface area (Å²) < 4.78 is 14.0. The van der Waals surface area contributed by atoms with Gasteiger partial charge in [-0.1, -0.05) is 91.0 Å². The quantitative estimate of drug-likeness (QED) is 0.214. The molecule has 40 heavy (non-hydrogen) atoms. The Kier molecular flexibility index (Phi) is 7.92. The predicted molar refractivity (Wildman–Crippen MR) is 159 cm³/mol. The topological polar surface area (TPSA) is 43.7 Å². The zero-order valence-electron chi connectivity index (χ0n) is 22.6. The Bertz CT molecular complexity index is 1560. The molecule has 1 aliphatic heterocycles. The molecule has 2 heterocycles. The van der Waals surface area contributed by atoms with Crippen molar-refractivity contribution in [2.45, 2.75) is 25.5 Å². The molecule has 1 aliphatic rings. The molecule has 202 valence electrons. The van der Waals surface area contributed by atoms with Crippen LogP contribution in [0.3, 0.4) is 0 Å². The van der Waals surface area contributed by atoms with Crippen molar-refractivity contribution in [3.8, 4) is 5.75 Å². The summed E-state index contributed by atoms with van der Waals surface area (Å²) in [7, 11) is 0. The molecule has 0 radical (unpaired) electrons. The van der Waals surface area contributed by atoms with Gasteiger partial charge in [-0.3, -0.25) is 4.79 Å². The standard InChI is InChI=1S/C35H34N2O3/c38-35(36-18-20-39-21-19-36)23-32(29-14-9-15-30(22-29)40-26-28-12-5-2-6-13-28)33-25-37(24-27-10-3-1-4-11-27)34-17-8-7-16-31(33)34/h1-17,22,25,32H,18-21,23-24,26H2. The van der Waals surface area contributed by atoms with Crippen LogP contribution in [0.15, 0.2) is 115 Å². The lowest BCUT2D eigenvalue weighted by Gasteiger charge is -2.29. The van der Waals surface area contributed by atoms with Gasteiger partial charge in [0.2, 0.25) is 5.91 Å². The summed E-state index contributed by atoms with van der Waals surface area (Å²) in [5.74, 6) is 0.847. The van der Waals surface area contributed by atoms with Crippen molar-refractivity contribution in [3.05, 3.63) is 138 Å². The van der Waals surface area contributed by atoms with Gasteiger partial charge in [-0.25, -0.2) is 0 Å². The zero-order valence-corrected chi connectivity index (χ0v) is 22.6. The lowest BCUT2D eigenvalue weighted by atomic mass is 9.87. The molecule has 0 saturated carbocycles. The number of para-hydroxylation sites is 1. The number of morpholine rings is 1. The number of hydrogen-bond acceptors (Lipinski definition) is 3. The van der Waals surface area contributed by atoms with Crippen molar-refractivity contribution >= 4 is 16.8 Å². The lowest BCUT2D eigenvalue weighted by Crippen LogP contribution is -2.41. The van der Waals surface area contributed by atoms with Gasteiger partial charge in [0.25, 0.3) is 0 Å². The third-order valence-corrected chi connectivity index (χ3v) is 7.64. The molecular weight excluding hydrogens is 496 g/mol. The van der Waals surface area contributed by atoms with Crippen LogP contribution in [0.1, 0.15) is 34.6 Å². The summed E-state index contributed by atoms with van der Waals surface area (Å²) in [4.78, 5) is 15.6. The molecule has 1 aromatic heterocycles. The van der Waals surface area contributed by atoms with E-state index in [0.29, 0.717) is 39.3 Å². The van der Waals surface area contributed by atoms with Crippen LogP contribution in [0, 0.1) is 0 Å². The molecule has 0 aliphatic carbocycles. The van der Waals surface area contributed by atoms with Crippen molar-refractivity contribution in [3.63, 3.8) is 0 Å². The second-order valence-electron chi connectivity index (χ2n) is 10.3. The average molecular weight is 531 g/mol. The molecule has 1 fully saturated rings. The third kappa shape index (κ3) is 5.95. The minimum Gasteiger partial charge on any atom is -0.489 e. The Hall–Kier alpha value is -4.35. The maximum absolute atomic E-state index is 13.6. The maximum Gasteiger partial charge on any atom is 0.223 e. The monoisotopic (exact) mass is 530 g/mol. The van der Waals surface area contributed by atoms with Crippen LogP contribution in [0.5, 0.6) is 5.75 Å². The van der Waals surface area contributed by atoms with Crippen LogP contribution >= 0.6 is 0 Å². The highest BCUT2D eigenvalue weighted by Crippen LogP contribution is 2.37. The Morgan fingerprint density at radius 2 is 1.50 bits per heavy atom. The summed E-state index contributed by atoms with van der Waals surface area (Å²) >= 11 is 0. The smallest absolute Gasteiger partial charge is 0.223 e. The van der Waals surface area contributed by atoms with Crippen LogP contribution in [0.25, 0.3) is 10.9 Å². The summed E-state index contributed by atoms with van der Waals surface area (Å²) in [6, 6.07) is 37.4. The van der Waals surface area contributed by atoms with E-state index in [-0.39, 0.29) is 11.8 Å². The predicted octanol–water partition coefficient (Wildman–Crippen LogP) is 6.65. The van der Waals surface area contributed by atoms with E-state index in [1.807, 2.05) is 41.3 Å². The number of carbonyl (C=O) groups is 1. The first kappa shape index (κ1) is 25.9. The van der Waals surface area contributed by atoms with Crippen LogP contribution in [0.2, 0.25) is 0 Å². The number of nitrogens with zero attached hydrogens (tertiary/aromatic N) is 2. The fourth-order valence-corrected chi connectivity index (χ4v) is 5.55. The summed E-state index contributed by atoms with van der Waals surface area (Å²) in [5.41, 5.74) is 5.77. The molecular formula is C35H34N2O3. The van der Waals surface area contributed by atoms with Gasteiger partial charge in [0, 0.05) is 49.1 Å². The largest absolute Gasteiger partial charge is 0.489 e. The number of rotatable bonds is 9. The second-order valence-corrected chi connectivity index (χ2v) is 10.3. The van der Waals surface area contributed by atoms with Crippen molar-refractivity contribution < 1.29 is 14.3 Å². The minimum absolute atomic E-state index is 0.113. The highest BCUT2D eigenvalue weighted by atomic mass is 16.5. The number of fused-ring (bicyclic) bond motifs is 1. The van der Waals surface area contributed by atoms with E-state index in [1.165, 1.54) is 16.5 Å². The molecule has 5 aromatic rings. The molecule has 0 bridgehead atoms.